The van der Waals surface area contributed by atoms with Gasteiger partial charge in [0.1, 0.15) is 0 Å². The number of para-hydroxylation sites is 3. The minimum atomic E-state index is 0.607. The van der Waals surface area contributed by atoms with Gasteiger partial charge in [-0.2, -0.15) is 10.5 Å². The largest absolute Gasteiger partial charge is 0.309 e. The Hall–Kier alpha value is -6.10. The van der Waals surface area contributed by atoms with E-state index >= 15 is 0 Å². The number of nitrogens with zero attached hydrogens (tertiary/aromatic N) is 4. The second-order valence-electron chi connectivity index (χ2n) is 10.5. The number of hydrogen-bond donors (Lipinski definition) is 0. The minimum absolute atomic E-state index is 0.607. The van der Waals surface area contributed by atoms with Crippen molar-refractivity contribution in [2.75, 3.05) is 0 Å². The first-order chi connectivity index (χ1) is 20.7. The van der Waals surface area contributed by atoms with Crippen LogP contribution in [0.1, 0.15) is 11.1 Å². The normalized spacial score (nSPS) is 11.3. The molecule has 0 aliphatic carbocycles. The zero-order valence-electron chi connectivity index (χ0n) is 22.5. The van der Waals surface area contributed by atoms with Gasteiger partial charge in [0.25, 0.3) is 0 Å². The summed E-state index contributed by atoms with van der Waals surface area (Å²) in [6, 6.07) is 50.2. The predicted octanol–water partition coefficient (Wildman–Crippen LogP) is 9.29. The molecule has 0 saturated heterocycles. The fourth-order valence-electron chi connectivity index (χ4n) is 6.32. The molecule has 2 aromatic heterocycles. The standard InChI is InChI=1S/C38H22N4/c39-23-25-16-17-38-34(20-25)33-12-3-6-15-37(33)41(38)29-9-7-8-27(21-29)28-18-26(24-40)19-30(22-28)42-35-13-4-1-10-31(35)32-11-2-5-14-36(32)42/h1-22H. The maximum atomic E-state index is 10.1. The summed E-state index contributed by atoms with van der Waals surface area (Å²) in [6.45, 7) is 0. The van der Waals surface area contributed by atoms with Crippen LogP contribution < -0.4 is 0 Å². The van der Waals surface area contributed by atoms with Crippen LogP contribution in [0.25, 0.3) is 66.1 Å². The van der Waals surface area contributed by atoms with Crippen LogP contribution in [0.5, 0.6) is 0 Å². The monoisotopic (exact) mass is 534 g/mol. The van der Waals surface area contributed by atoms with Crippen molar-refractivity contribution in [3.05, 3.63) is 145 Å². The van der Waals surface area contributed by atoms with Crippen LogP contribution in [0.2, 0.25) is 0 Å². The van der Waals surface area contributed by atoms with Gasteiger partial charge in [0, 0.05) is 32.9 Å². The molecule has 42 heavy (non-hydrogen) atoms. The number of hydrogen-bond acceptors (Lipinski definition) is 2. The molecule has 0 spiro atoms. The number of aromatic nitrogens is 2. The molecule has 0 atom stereocenters. The Morgan fingerprint density at radius 3 is 1.57 bits per heavy atom. The van der Waals surface area contributed by atoms with Gasteiger partial charge in [0.05, 0.1) is 45.3 Å². The van der Waals surface area contributed by atoms with Crippen molar-refractivity contribution >= 4 is 43.6 Å². The molecule has 4 nitrogen and oxygen atoms in total. The van der Waals surface area contributed by atoms with Crippen molar-refractivity contribution in [2.24, 2.45) is 0 Å². The molecule has 0 saturated carbocycles. The average Bonchev–Trinajstić information content (AvgIpc) is 3.57. The van der Waals surface area contributed by atoms with Gasteiger partial charge in [-0.05, 0) is 77.9 Å². The first-order valence-corrected chi connectivity index (χ1v) is 13.8. The maximum Gasteiger partial charge on any atom is 0.0992 e. The lowest BCUT2D eigenvalue weighted by Gasteiger charge is -2.13. The molecule has 8 rings (SSSR count). The first kappa shape index (κ1) is 23.8. The Morgan fingerprint density at radius 2 is 0.929 bits per heavy atom. The Labute approximate surface area is 242 Å². The SMILES string of the molecule is N#Cc1cc(-c2cccc(-n3c4ccccc4c4cc(C#N)ccc43)c2)cc(-n2c3ccccc3c3ccccc32)c1. The molecule has 2 heterocycles. The summed E-state index contributed by atoms with van der Waals surface area (Å²) in [4.78, 5) is 0. The summed E-state index contributed by atoms with van der Waals surface area (Å²) >= 11 is 0. The van der Waals surface area contributed by atoms with Crippen LogP contribution in [0.4, 0.5) is 0 Å². The molecule has 0 radical (unpaired) electrons. The second kappa shape index (κ2) is 9.24. The molecular weight excluding hydrogens is 512 g/mol. The van der Waals surface area contributed by atoms with Gasteiger partial charge in [-0.25, -0.2) is 0 Å². The van der Waals surface area contributed by atoms with Gasteiger partial charge >= 0.3 is 0 Å². The molecular formula is C38H22N4. The number of rotatable bonds is 3. The molecule has 0 unspecified atom stereocenters. The highest BCUT2D eigenvalue weighted by molar-refractivity contribution is 6.10. The molecule has 194 valence electrons. The number of nitriles is 2. The summed E-state index contributed by atoms with van der Waals surface area (Å²) in [7, 11) is 0. The van der Waals surface area contributed by atoms with E-state index in [0.717, 1.165) is 55.3 Å². The Bertz CT molecular complexity index is 2390. The summed E-state index contributed by atoms with van der Waals surface area (Å²) < 4.78 is 4.50. The van der Waals surface area contributed by atoms with E-state index in [1.807, 2.05) is 42.5 Å². The van der Waals surface area contributed by atoms with Crippen molar-refractivity contribution in [3.63, 3.8) is 0 Å². The number of benzene rings is 6. The minimum Gasteiger partial charge on any atom is -0.309 e. The van der Waals surface area contributed by atoms with E-state index in [-0.39, 0.29) is 0 Å². The third-order valence-electron chi connectivity index (χ3n) is 8.12. The smallest absolute Gasteiger partial charge is 0.0992 e. The molecule has 6 aromatic carbocycles. The van der Waals surface area contributed by atoms with Crippen LogP contribution in [0, 0.1) is 22.7 Å². The highest BCUT2D eigenvalue weighted by Gasteiger charge is 2.16. The summed E-state index contributed by atoms with van der Waals surface area (Å²) in [5.41, 5.74) is 9.55. The van der Waals surface area contributed by atoms with Crippen LogP contribution in [0.3, 0.4) is 0 Å². The first-order valence-electron chi connectivity index (χ1n) is 13.8. The third kappa shape index (κ3) is 3.53. The lowest BCUT2D eigenvalue weighted by atomic mass is 10.0. The topological polar surface area (TPSA) is 57.4 Å². The van der Waals surface area contributed by atoms with E-state index < -0.39 is 0 Å². The van der Waals surface area contributed by atoms with Crippen molar-refractivity contribution in [2.45, 2.75) is 0 Å². The highest BCUT2D eigenvalue weighted by atomic mass is 15.0. The third-order valence-corrected chi connectivity index (χ3v) is 8.12. The van der Waals surface area contributed by atoms with Crippen LogP contribution in [-0.2, 0) is 0 Å². The fourth-order valence-corrected chi connectivity index (χ4v) is 6.32. The van der Waals surface area contributed by atoms with Gasteiger partial charge in [-0.15, -0.1) is 0 Å². The summed E-state index contributed by atoms with van der Waals surface area (Å²) in [5.74, 6) is 0. The predicted molar refractivity (Wildman–Crippen MR) is 170 cm³/mol. The molecule has 0 aliphatic rings. The average molecular weight is 535 g/mol. The van der Waals surface area contributed by atoms with Gasteiger partial charge in [-0.3, -0.25) is 0 Å². The van der Waals surface area contributed by atoms with Crippen LogP contribution >= 0.6 is 0 Å². The highest BCUT2D eigenvalue weighted by Crippen LogP contribution is 2.36. The van der Waals surface area contributed by atoms with E-state index in [1.54, 1.807) is 0 Å². The van der Waals surface area contributed by atoms with E-state index in [0.29, 0.717) is 11.1 Å². The Kier molecular flexibility index (Phi) is 5.22. The van der Waals surface area contributed by atoms with E-state index in [2.05, 4.69) is 112 Å². The molecule has 0 aliphatic heterocycles. The summed E-state index contributed by atoms with van der Waals surface area (Å²) in [5, 5.41) is 24.1. The van der Waals surface area contributed by atoms with Crippen molar-refractivity contribution in [1.82, 2.24) is 9.13 Å². The van der Waals surface area contributed by atoms with Gasteiger partial charge in [-0.1, -0.05) is 66.7 Å². The van der Waals surface area contributed by atoms with Crippen molar-refractivity contribution in [1.29, 1.82) is 10.5 Å². The summed E-state index contributed by atoms with van der Waals surface area (Å²) in [6.07, 6.45) is 0. The molecule has 4 heteroatoms. The van der Waals surface area contributed by atoms with E-state index in [4.69, 9.17) is 0 Å². The Balaban J connectivity index is 1.35. The lowest BCUT2D eigenvalue weighted by molar-refractivity contribution is 1.17. The zero-order valence-corrected chi connectivity index (χ0v) is 22.5. The number of fused-ring (bicyclic) bond motifs is 6. The van der Waals surface area contributed by atoms with Crippen molar-refractivity contribution < 1.29 is 0 Å². The fraction of sp³-hybridized carbons (Fsp3) is 0. The van der Waals surface area contributed by atoms with Gasteiger partial charge in [0.2, 0.25) is 0 Å². The Morgan fingerprint density at radius 1 is 0.381 bits per heavy atom. The maximum absolute atomic E-state index is 10.1. The lowest BCUT2D eigenvalue weighted by Crippen LogP contribution is -1.97. The molecule has 0 bridgehead atoms. The van der Waals surface area contributed by atoms with E-state index in [9.17, 15) is 10.5 Å². The quantitative estimate of drug-likeness (QED) is 0.227. The van der Waals surface area contributed by atoms with Crippen molar-refractivity contribution in [3.8, 4) is 34.6 Å². The van der Waals surface area contributed by atoms with E-state index in [1.165, 1.54) is 10.8 Å². The van der Waals surface area contributed by atoms with Gasteiger partial charge < -0.3 is 9.13 Å². The van der Waals surface area contributed by atoms with Crippen LogP contribution in [-0.4, -0.2) is 9.13 Å². The molecule has 0 fully saturated rings. The second-order valence-corrected chi connectivity index (χ2v) is 10.5. The molecule has 8 aromatic rings. The van der Waals surface area contributed by atoms with Crippen LogP contribution in [0.15, 0.2) is 133 Å². The molecule has 0 N–H and O–H groups in total. The van der Waals surface area contributed by atoms with Gasteiger partial charge in [0.15, 0.2) is 0 Å². The molecule has 0 amide bonds. The zero-order chi connectivity index (χ0) is 28.2.